The second-order valence-electron chi connectivity index (χ2n) is 8.34. The van der Waals surface area contributed by atoms with Crippen LogP contribution in [0.2, 0.25) is 0 Å². The molecular formula is C23H29N3O4S. The van der Waals surface area contributed by atoms with Crippen LogP contribution in [0.1, 0.15) is 25.3 Å². The molecule has 2 aliphatic heterocycles. The number of amides is 2. The first-order valence-electron chi connectivity index (χ1n) is 10.7. The lowest BCUT2D eigenvalue weighted by Crippen LogP contribution is -2.55. The van der Waals surface area contributed by atoms with Crippen molar-refractivity contribution in [1.82, 2.24) is 9.62 Å². The molecule has 2 saturated heterocycles. The van der Waals surface area contributed by atoms with E-state index in [2.05, 4.69) is 17.0 Å². The van der Waals surface area contributed by atoms with Gasteiger partial charge in [0.1, 0.15) is 0 Å². The van der Waals surface area contributed by atoms with Gasteiger partial charge < -0.3 is 15.0 Å². The predicted octanol–water partition coefficient (Wildman–Crippen LogP) is 3.24. The highest BCUT2D eigenvalue weighted by atomic mass is 32.2. The van der Waals surface area contributed by atoms with Gasteiger partial charge in [-0.05, 0) is 49.1 Å². The standard InChI is InChI=1S/C23H29N3O4S/c1-2-18-8-10-19(11-9-18)24-22(27)26-14-13-23(16-26)17-30-15-12-21(23)25-31(28,29)20-6-4-3-5-7-20/h3-11,21,25H,2,12-17H2,1H3,(H,24,27)/t21-,23+/m1/s1. The number of anilines is 1. The topological polar surface area (TPSA) is 87.7 Å². The average Bonchev–Trinajstić information content (AvgIpc) is 3.21. The van der Waals surface area contributed by atoms with Gasteiger partial charge in [0.15, 0.2) is 0 Å². The molecule has 1 spiro atoms. The number of carbonyl (C=O) groups is 1. The van der Waals surface area contributed by atoms with E-state index in [4.69, 9.17) is 4.74 Å². The van der Waals surface area contributed by atoms with Gasteiger partial charge in [0.2, 0.25) is 10.0 Å². The first-order valence-corrected chi connectivity index (χ1v) is 12.2. The van der Waals surface area contributed by atoms with E-state index >= 15 is 0 Å². The highest BCUT2D eigenvalue weighted by molar-refractivity contribution is 7.89. The third kappa shape index (κ3) is 4.76. The van der Waals surface area contributed by atoms with Crippen LogP contribution in [0.5, 0.6) is 0 Å². The summed E-state index contributed by atoms with van der Waals surface area (Å²) < 4.78 is 34.4. The van der Waals surface area contributed by atoms with Gasteiger partial charge >= 0.3 is 6.03 Å². The lowest BCUT2D eigenvalue weighted by atomic mass is 9.78. The summed E-state index contributed by atoms with van der Waals surface area (Å²) in [6, 6.07) is 15.8. The Labute approximate surface area is 183 Å². The molecule has 4 rings (SSSR count). The average molecular weight is 444 g/mol. The predicted molar refractivity (Wildman–Crippen MR) is 119 cm³/mol. The Morgan fingerprint density at radius 2 is 1.90 bits per heavy atom. The number of ether oxygens (including phenoxy) is 1. The summed E-state index contributed by atoms with van der Waals surface area (Å²) in [5.41, 5.74) is 1.54. The van der Waals surface area contributed by atoms with Crippen LogP contribution in [0.3, 0.4) is 0 Å². The number of likely N-dealkylation sites (tertiary alicyclic amines) is 1. The van der Waals surface area contributed by atoms with Gasteiger partial charge in [-0.3, -0.25) is 0 Å². The second kappa shape index (κ2) is 8.98. The SMILES string of the molecule is CCc1ccc(NC(=O)N2CC[C@@]3(COCC[C@H]3NS(=O)(=O)c3ccccc3)C2)cc1. The van der Waals surface area contributed by atoms with Crippen molar-refractivity contribution in [3.63, 3.8) is 0 Å². The van der Waals surface area contributed by atoms with Crippen molar-refractivity contribution < 1.29 is 17.9 Å². The third-order valence-electron chi connectivity index (χ3n) is 6.32. The summed E-state index contributed by atoms with van der Waals surface area (Å²) in [4.78, 5) is 14.8. The molecule has 2 heterocycles. The number of aryl methyl sites for hydroxylation is 1. The molecule has 2 fully saturated rings. The number of nitrogens with zero attached hydrogens (tertiary/aromatic N) is 1. The van der Waals surface area contributed by atoms with Crippen molar-refractivity contribution in [1.29, 1.82) is 0 Å². The van der Waals surface area contributed by atoms with Crippen LogP contribution >= 0.6 is 0 Å². The van der Waals surface area contributed by atoms with Crippen LogP contribution in [0, 0.1) is 5.41 Å². The first kappa shape index (κ1) is 21.8. The van der Waals surface area contributed by atoms with Crippen LogP contribution in [0.4, 0.5) is 10.5 Å². The van der Waals surface area contributed by atoms with Gasteiger partial charge in [0.25, 0.3) is 0 Å². The third-order valence-corrected chi connectivity index (χ3v) is 7.80. The molecule has 0 saturated carbocycles. The van der Waals surface area contributed by atoms with Crippen molar-refractivity contribution in [2.45, 2.75) is 37.1 Å². The lowest BCUT2D eigenvalue weighted by molar-refractivity contribution is -0.0196. The minimum atomic E-state index is -3.64. The van der Waals surface area contributed by atoms with E-state index in [0.29, 0.717) is 39.1 Å². The normalized spacial score (nSPS) is 23.8. The summed E-state index contributed by atoms with van der Waals surface area (Å²) in [7, 11) is -3.64. The van der Waals surface area contributed by atoms with E-state index in [-0.39, 0.29) is 17.0 Å². The number of urea groups is 1. The molecule has 2 aromatic rings. The van der Waals surface area contributed by atoms with Crippen molar-refractivity contribution in [3.8, 4) is 0 Å². The molecule has 2 aliphatic rings. The maximum absolute atomic E-state index is 12.9. The Morgan fingerprint density at radius 1 is 1.16 bits per heavy atom. The Kier molecular flexibility index (Phi) is 6.31. The van der Waals surface area contributed by atoms with Crippen LogP contribution in [0.15, 0.2) is 59.5 Å². The molecule has 2 N–H and O–H groups in total. The van der Waals surface area contributed by atoms with Gasteiger partial charge in [-0.25, -0.2) is 17.9 Å². The highest BCUT2D eigenvalue weighted by Gasteiger charge is 2.49. The summed E-state index contributed by atoms with van der Waals surface area (Å²) in [5, 5.41) is 2.95. The fraction of sp³-hybridized carbons (Fsp3) is 0.435. The molecule has 0 aliphatic carbocycles. The fourth-order valence-corrected chi connectivity index (χ4v) is 5.81. The Hall–Kier alpha value is -2.42. The van der Waals surface area contributed by atoms with Crippen molar-refractivity contribution in [2.75, 3.05) is 31.6 Å². The zero-order valence-corrected chi connectivity index (χ0v) is 18.5. The molecular weight excluding hydrogens is 414 g/mol. The molecule has 2 aromatic carbocycles. The van der Waals surface area contributed by atoms with E-state index in [1.54, 1.807) is 35.2 Å². The van der Waals surface area contributed by atoms with Gasteiger partial charge in [-0.2, -0.15) is 0 Å². The van der Waals surface area contributed by atoms with Crippen LogP contribution in [-0.2, 0) is 21.2 Å². The zero-order valence-electron chi connectivity index (χ0n) is 17.7. The summed E-state index contributed by atoms with van der Waals surface area (Å²) >= 11 is 0. The number of nitrogens with one attached hydrogen (secondary N) is 2. The second-order valence-corrected chi connectivity index (χ2v) is 10.1. The maximum Gasteiger partial charge on any atom is 0.321 e. The molecule has 0 bridgehead atoms. The molecule has 7 nitrogen and oxygen atoms in total. The van der Waals surface area contributed by atoms with Crippen LogP contribution < -0.4 is 10.0 Å². The zero-order chi connectivity index (χ0) is 21.9. The number of hydrogen-bond donors (Lipinski definition) is 2. The van der Waals surface area contributed by atoms with Gasteiger partial charge in [0.05, 0.1) is 11.5 Å². The largest absolute Gasteiger partial charge is 0.381 e. The highest BCUT2D eigenvalue weighted by Crippen LogP contribution is 2.39. The monoisotopic (exact) mass is 443 g/mol. The van der Waals surface area contributed by atoms with E-state index in [1.165, 1.54) is 5.56 Å². The van der Waals surface area contributed by atoms with Gasteiger partial charge in [0, 0.05) is 36.8 Å². The number of benzene rings is 2. The van der Waals surface area contributed by atoms with E-state index in [0.717, 1.165) is 12.1 Å². The van der Waals surface area contributed by atoms with Crippen molar-refractivity contribution in [3.05, 3.63) is 60.2 Å². The first-order chi connectivity index (χ1) is 14.9. The van der Waals surface area contributed by atoms with E-state index < -0.39 is 15.4 Å². The number of carbonyl (C=O) groups excluding carboxylic acids is 1. The number of rotatable bonds is 5. The van der Waals surface area contributed by atoms with E-state index in [1.807, 2.05) is 24.3 Å². The molecule has 2 amide bonds. The number of sulfonamides is 1. The lowest BCUT2D eigenvalue weighted by Gasteiger charge is -2.41. The Bertz CT molecular complexity index is 1010. The molecule has 166 valence electrons. The fourth-order valence-electron chi connectivity index (χ4n) is 4.42. The maximum atomic E-state index is 12.9. The van der Waals surface area contributed by atoms with Gasteiger partial charge in [-0.1, -0.05) is 37.3 Å². The molecule has 8 heteroatoms. The molecule has 0 unspecified atom stereocenters. The molecule has 0 aromatic heterocycles. The minimum Gasteiger partial charge on any atom is -0.381 e. The molecule has 2 atom stereocenters. The summed E-state index contributed by atoms with van der Waals surface area (Å²) in [5.74, 6) is 0. The van der Waals surface area contributed by atoms with Crippen LogP contribution in [-0.4, -0.2) is 51.7 Å². The number of hydrogen-bond acceptors (Lipinski definition) is 4. The van der Waals surface area contributed by atoms with Crippen molar-refractivity contribution in [2.24, 2.45) is 5.41 Å². The molecule has 0 radical (unpaired) electrons. The van der Waals surface area contributed by atoms with Gasteiger partial charge in [-0.15, -0.1) is 0 Å². The molecule has 31 heavy (non-hydrogen) atoms. The van der Waals surface area contributed by atoms with Crippen molar-refractivity contribution >= 4 is 21.7 Å². The Morgan fingerprint density at radius 3 is 2.61 bits per heavy atom. The summed E-state index contributed by atoms with van der Waals surface area (Å²) in [6.07, 6.45) is 2.22. The minimum absolute atomic E-state index is 0.170. The van der Waals surface area contributed by atoms with Crippen LogP contribution in [0.25, 0.3) is 0 Å². The van der Waals surface area contributed by atoms with E-state index in [9.17, 15) is 13.2 Å². The summed E-state index contributed by atoms with van der Waals surface area (Å²) in [6.45, 7) is 4.04. The quantitative estimate of drug-likeness (QED) is 0.743. The Balaban J connectivity index is 1.45. The smallest absolute Gasteiger partial charge is 0.321 e.